The van der Waals surface area contributed by atoms with Crippen molar-refractivity contribution in [1.82, 2.24) is 20.2 Å². The molecule has 0 aliphatic carbocycles. The van der Waals surface area contributed by atoms with Gasteiger partial charge in [-0.25, -0.2) is 4.68 Å². The van der Waals surface area contributed by atoms with Gasteiger partial charge in [-0.05, 0) is 53.2 Å². The van der Waals surface area contributed by atoms with Crippen LogP contribution in [0.5, 0.6) is 5.75 Å². The van der Waals surface area contributed by atoms with E-state index in [4.69, 9.17) is 4.74 Å². The van der Waals surface area contributed by atoms with E-state index in [1.807, 2.05) is 25.1 Å². The molecule has 0 spiro atoms. The highest BCUT2D eigenvalue weighted by Crippen LogP contribution is 2.21. The minimum atomic E-state index is -0.225. The van der Waals surface area contributed by atoms with E-state index in [1.54, 1.807) is 28.9 Å². The Labute approximate surface area is 132 Å². The molecule has 3 aromatic rings. The molecular weight excluding hydrogens is 294 g/mol. The molecule has 1 aromatic heterocycles. The van der Waals surface area contributed by atoms with Crippen molar-refractivity contribution < 1.29 is 9.53 Å². The lowest BCUT2D eigenvalue weighted by Gasteiger charge is -2.11. The van der Waals surface area contributed by atoms with E-state index in [9.17, 15) is 4.79 Å². The first-order valence-corrected chi connectivity index (χ1v) is 6.97. The molecule has 0 saturated heterocycles. The summed E-state index contributed by atoms with van der Waals surface area (Å²) in [6.07, 6.45) is 1.52. The molecule has 0 bridgehead atoms. The van der Waals surface area contributed by atoms with Crippen molar-refractivity contribution in [3.63, 3.8) is 0 Å². The fraction of sp³-hybridized carbons (Fsp3) is 0.125. The first-order valence-electron chi connectivity index (χ1n) is 6.97. The number of nitrogens with one attached hydrogen (secondary N) is 1. The number of para-hydroxylation sites is 1. The molecule has 7 heteroatoms. The number of hydrogen-bond acceptors (Lipinski definition) is 5. The Hall–Kier alpha value is -3.22. The molecule has 0 aliphatic rings. The highest BCUT2D eigenvalue weighted by atomic mass is 16.5. The van der Waals surface area contributed by atoms with Crippen LogP contribution in [0.25, 0.3) is 5.69 Å². The summed E-state index contributed by atoms with van der Waals surface area (Å²) in [7, 11) is 1.54. The number of carbonyl (C=O) groups is 1. The van der Waals surface area contributed by atoms with E-state index >= 15 is 0 Å². The topological polar surface area (TPSA) is 81.9 Å². The number of amides is 1. The third-order valence-corrected chi connectivity index (χ3v) is 3.40. The summed E-state index contributed by atoms with van der Waals surface area (Å²) in [4.78, 5) is 12.4. The maximum absolute atomic E-state index is 12.4. The first kappa shape index (κ1) is 14.7. The third-order valence-electron chi connectivity index (χ3n) is 3.40. The van der Waals surface area contributed by atoms with E-state index in [1.165, 1.54) is 13.4 Å². The van der Waals surface area contributed by atoms with Crippen molar-refractivity contribution in [1.29, 1.82) is 0 Å². The van der Waals surface area contributed by atoms with Gasteiger partial charge in [0, 0.05) is 5.69 Å². The predicted molar refractivity (Wildman–Crippen MR) is 84.8 cm³/mol. The van der Waals surface area contributed by atoms with E-state index in [2.05, 4.69) is 20.8 Å². The van der Waals surface area contributed by atoms with Gasteiger partial charge < -0.3 is 10.1 Å². The number of tetrazole rings is 1. The van der Waals surface area contributed by atoms with Crippen LogP contribution in [0.4, 0.5) is 5.69 Å². The van der Waals surface area contributed by atoms with Crippen molar-refractivity contribution in [2.45, 2.75) is 6.92 Å². The molecule has 116 valence electrons. The lowest BCUT2D eigenvalue weighted by Crippen LogP contribution is -2.13. The van der Waals surface area contributed by atoms with Crippen LogP contribution in [0, 0.1) is 6.92 Å². The van der Waals surface area contributed by atoms with Gasteiger partial charge in [0.15, 0.2) is 0 Å². The monoisotopic (exact) mass is 309 g/mol. The van der Waals surface area contributed by atoms with Gasteiger partial charge in [-0.1, -0.05) is 12.1 Å². The van der Waals surface area contributed by atoms with Crippen molar-refractivity contribution in [2.75, 3.05) is 12.4 Å². The molecule has 0 fully saturated rings. The van der Waals surface area contributed by atoms with Gasteiger partial charge in [0.25, 0.3) is 5.91 Å². The first-order chi connectivity index (χ1) is 11.2. The van der Waals surface area contributed by atoms with Crippen molar-refractivity contribution >= 4 is 11.6 Å². The average Bonchev–Trinajstić information content (AvgIpc) is 3.09. The second-order valence-corrected chi connectivity index (χ2v) is 4.91. The van der Waals surface area contributed by atoms with Gasteiger partial charge in [0.2, 0.25) is 0 Å². The molecule has 2 aromatic carbocycles. The number of benzene rings is 2. The summed E-state index contributed by atoms with van der Waals surface area (Å²) >= 11 is 0. The van der Waals surface area contributed by atoms with Crippen LogP contribution >= 0.6 is 0 Å². The molecule has 7 nitrogen and oxygen atoms in total. The molecule has 1 N–H and O–H groups in total. The highest BCUT2D eigenvalue weighted by Gasteiger charge is 2.12. The summed E-state index contributed by atoms with van der Waals surface area (Å²) in [5.41, 5.74) is 2.97. The molecule has 3 rings (SSSR count). The number of ether oxygens (including phenoxy) is 1. The second kappa shape index (κ2) is 6.27. The molecule has 23 heavy (non-hydrogen) atoms. The van der Waals surface area contributed by atoms with Gasteiger partial charge >= 0.3 is 0 Å². The largest absolute Gasteiger partial charge is 0.496 e. The van der Waals surface area contributed by atoms with Crippen molar-refractivity contribution in [2.24, 2.45) is 0 Å². The van der Waals surface area contributed by atoms with E-state index in [0.717, 1.165) is 11.3 Å². The Morgan fingerprint density at radius 1 is 1.22 bits per heavy atom. The lowest BCUT2D eigenvalue weighted by atomic mass is 10.1. The fourth-order valence-electron chi connectivity index (χ4n) is 2.29. The molecule has 0 atom stereocenters. The van der Waals surface area contributed by atoms with E-state index in [0.29, 0.717) is 17.0 Å². The minimum absolute atomic E-state index is 0.225. The van der Waals surface area contributed by atoms with Gasteiger partial charge in [0.05, 0.1) is 18.4 Å². The Morgan fingerprint density at radius 3 is 2.74 bits per heavy atom. The number of anilines is 1. The number of aromatic nitrogens is 4. The van der Waals surface area contributed by atoms with Crippen LogP contribution in [-0.2, 0) is 0 Å². The minimum Gasteiger partial charge on any atom is -0.496 e. The number of carbonyl (C=O) groups excluding carboxylic acids is 1. The summed E-state index contributed by atoms with van der Waals surface area (Å²) < 4.78 is 6.78. The number of methoxy groups -OCH3 is 1. The number of aryl methyl sites for hydroxylation is 1. The zero-order valence-corrected chi connectivity index (χ0v) is 12.7. The number of nitrogens with zero attached hydrogens (tertiary/aromatic N) is 4. The smallest absolute Gasteiger partial charge is 0.259 e. The third kappa shape index (κ3) is 3.03. The highest BCUT2D eigenvalue weighted by molar-refractivity contribution is 6.06. The van der Waals surface area contributed by atoms with Gasteiger partial charge in [0.1, 0.15) is 12.1 Å². The Balaban J connectivity index is 1.83. The molecule has 0 aliphatic heterocycles. The molecule has 1 amide bonds. The zero-order chi connectivity index (χ0) is 16.2. The SMILES string of the molecule is COc1ccccc1C(=O)Nc1ccc(-n2cnnn2)c(C)c1. The van der Waals surface area contributed by atoms with Crippen LogP contribution in [0.15, 0.2) is 48.8 Å². The Bertz CT molecular complexity index is 830. The quantitative estimate of drug-likeness (QED) is 0.799. The van der Waals surface area contributed by atoms with Crippen LogP contribution in [0.3, 0.4) is 0 Å². The van der Waals surface area contributed by atoms with Crippen LogP contribution in [0.2, 0.25) is 0 Å². The second-order valence-electron chi connectivity index (χ2n) is 4.91. The number of hydrogen-bond donors (Lipinski definition) is 1. The van der Waals surface area contributed by atoms with Crippen LogP contribution < -0.4 is 10.1 Å². The van der Waals surface area contributed by atoms with Gasteiger partial charge in [-0.15, -0.1) is 5.10 Å². The number of rotatable bonds is 4. The van der Waals surface area contributed by atoms with Crippen molar-refractivity contribution in [3.05, 3.63) is 59.9 Å². The van der Waals surface area contributed by atoms with Gasteiger partial charge in [-0.3, -0.25) is 4.79 Å². The fourth-order valence-corrected chi connectivity index (χ4v) is 2.29. The van der Waals surface area contributed by atoms with Crippen LogP contribution in [-0.4, -0.2) is 33.2 Å². The molecule has 0 radical (unpaired) electrons. The maximum Gasteiger partial charge on any atom is 0.259 e. The molecule has 1 heterocycles. The summed E-state index contributed by atoms with van der Waals surface area (Å²) in [5, 5.41) is 14.0. The van der Waals surface area contributed by atoms with Crippen molar-refractivity contribution in [3.8, 4) is 11.4 Å². The molecular formula is C16H15N5O2. The summed E-state index contributed by atoms with van der Waals surface area (Å²) in [6, 6.07) is 12.6. The maximum atomic E-state index is 12.4. The molecule has 0 unspecified atom stereocenters. The predicted octanol–water partition coefficient (Wildman–Crippen LogP) is 2.23. The average molecular weight is 309 g/mol. The van der Waals surface area contributed by atoms with E-state index < -0.39 is 0 Å². The lowest BCUT2D eigenvalue weighted by molar-refractivity contribution is 0.102. The van der Waals surface area contributed by atoms with E-state index in [-0.39, 0.29) is 5.91 Å². The standard InChI is InChI=1S/C16H15N5O2/c1-11-9-12(7-8-14(11)21-10-17-19-20-21)18-16(22)13-5-3-4-6-15(13)23-2/h3-10H,1-2H3,(H,18,22). The van der Waals surface area contributed by atoms with Gasteiger partial charge in [-0.2, -0.15) is 0 Å². The summed E-state index contributed by atoms with van der Waals surface area (Å²) in [6.45, 7) is 1.93. The Morgan fingerprint density at radius 2 is 2.04 bits per heavy atom. The van der Waals surface area contributed by atoms with Crippen LogP contribution in [0.1, 0.15) is 15.9 Å². The Kier molecular flexibility index (Phi) is 4.01. The zero-order valence-electron chi connectivity index (χ0n) is 12.7. The summed E-state index contributed by atoms with van der Waals surface area (Å²) in [5.74, 6) is 0.309. The molecule has 0 saturated carbocycles. The normalized spacial score (nSPS) is 10.3.